The van der Waals surface area contributed by atoms with Crippen LogP contribution in [0.2, 0.25) is 0 Å². The summed E-state index contributed by atoms with van der Waals surface area (Å²) in [7, 11) is 1.55. The van der Waals surface area contributed by atoms with Gasteiger partial charge in [-0.1, -0.05) is 65.7 Å². The van der Waals surface area contributed by atoms with E-state index in [0.717, 1.165) is 33.2 Å². The van der Waals surface area contributed by atoms with Gasteiger partial charge in [0.15, 0.2) is 0 Å². The molecule has 0 saturated carbocycles. The summed E-state index contributed by atoms with van der Waals surface area (Å²) in [6.45, 7) is 3.81. The molecule has 1 aromatic heterocycles. The highest BCUT2D eigenvalue weighted by Crippen LogP contribution is 2.21. The zero-order valence-electron chi connectivity index (χ0n) is 21.1. The fourth-order valence-corrected chi connectivity index (χ4v) is 4.56. The van der Waals surface area contributed by atoms with Gasteiger partial charge in [-0.3, -0.25) is 4.79 Å². The Morgan fingerprint density at radius 3 is 2.24 bits per heavy atom. The second-order valence-corrected chi connectivity index (χ2v) is 9.33. The van der Waals surface area contributed by atoms with Crippen LogP contribution in [0.3, 0.4) is 0 Å². The molecule has 0 bridgehead atoms. The first-order valence-corrected chi connectivity index (χ1v) is 12.1. The number of amides is 1. The molecule has 2 atom stereocenters. The van der Waals surface area contributed by atoms with Gasteiger partial charge in [0.05, 0.1) is 0 Å². The van der Waals surface area contributed by atoms with Gasteiger partial charge in [-0.15, -0.1) is 0 Å². The van der Waals surface area contributed by atoms with Crippen molar-refractivity contribution in [1.29, 1.82) is 0 Å². The normalized spacial score (nSPS) is 12.6. The summed E-state index contributed by atoms with van der Waals surface area (Å²) in [6.07, 6.45) is 0.505. The van der Waals surface area contributed by atoms with Gasteiger partial charge in [-0.2, -0.15) is 0 Å². The van der Waals surface area contributed by atoms with E-state index in [0.29, 0.717) is 5.56 Å². The second kappa shape index (κ2) is 11.1. The number of hydrogen-bond donors (Lipinski definition) is 2. The van der Waals surface area contributed by atoms with Crippen molar-refractivity contribution in [2.75, 3.05) is 7.05 Å². The van der Waals surface area contributed by atoms with Crippen molar-refractivity contribution in [3.63, 3.8) is 0 Å². The molecule has 7 heteroatoms. The number of H-pyrrole nitrogens is 1. The predicted molar refractivity (Wildman–Crippen MR) is 141 cm³/mol. The minimum atomic E-state index is -1.41. The number of carbonyl (C=O) groups is 3. The molecule has 0 spiro atoms. The molecular formula is C30H30N2O5. The molecule has 4 aromatic rings. The Morgan fingerprint density at radius 1 is 0.919 bits per heavy atom. The van der Waals surface area contributed by atoms with Crippen LogP contribution < -0.4 is 0 Å². The quantitative estimate of drug-likeness (QED) is 0.326. The number of carboxylic acid groups (broad SMARTS) is 1. The third-order valence-electron chi connectivity index (χ3n) is 6.41. The van der Waals surface area contributed by atoms with E-state index in [4.69, 9.17) is 4.74 Å². The zero-order chi connectivity index (χ0) is 26.5. The van der Waals surface area contributed by atoms with Gasteiger partial charge in [0.25, 0.3) is 5.91 Å². The lowest BCUT2D eigenvalue weighted by Crippen LogP contribution is -2.46. The van der Waals surface area contributed by atoms with E-state index in [2.05, 4.69) is 4.98 Å². The maximum absolute atomic E-state index is 13.5. The Bertz CT molecular complexity index is 1410. The number of nitrogens with one attached hydrogen (secondary N) is 1. The van der Waals surface area contributed by atoms with E-state index in [-0.39, 0.29) is 18.7 Å². The molecule has 2 N–H and O–H groups in total. The number of likely N-dealkylation sites (N-methyl/N-ethyl adjacent to an activating group) is 1. The average Bonchev–Trinajstić information content (AvgIpc) is 3.28. The first-order valence-electron chi connectivity index (χ1n) is 12.1. The highest BCUT2D eigenvalue weighted by molar-refractivity contribution is 5.97. The van der Waals surface area contributed by atoms with Crippen molar-refractivity contribution < 1.29 is 24.2 Å². The third-order valence-corrected chi connectivity index (χ3v) is 6.41. The van der Waals surface area contributed by atoms with E-state index >= 15 is 0 Å². The molecular weight excluding hydrogens is 468 g/mol. The van der Waals surface area contributed by atoms with Crippen molar-refractivity contribution >= 4 is 28.7 Å². The number of carboxylic acids is 1. The van der Waals surface area contributed by atoms with Gasteiger partial charge < -0.3 is 19.7 Å². The van der Waals surface area contributed by atoms with Gasteiger partial charge in [0.1, 0.15) is 6.04 Å². The molecule has 4 rings (SSSR count). The Balaban J connectivity index is 1.60. The predicted octanol–water partition coefficient (Wildman–Crippen LogP) is 4.71. The van der Waals surface area contributed by atoms with Crippen LogP contribution in [0.5, 0.6) is 0 Å². The molecule has 190 valence electrons. The lowest BCUT2D eigenvalue weighted by Gasteiger charge is -2.28. The van der Waals surface area contributed by atoms with Gasteiger partial charge in [0.2, 0.25) is 6.10 Å². The van der Waals surface area contributed by atoms with E-state index in [1.807, 2.05) is 74.5 Å². The molecule has 0 saturated heterocycles. The minimum Gasteiger partial charge on any atom is -0.478 e. The summed E-state index contributed by atoms with van der Waals surface area (Å²) < 4.78 is 5.58. The van der Waals surface area contributed by atoms with Gasteiger partial charge >= 0.3 is 11.9 Å². The van der Waals surface area contributed by atoms with E-state index in [9.17, 15) is 19.5 Å². The number of aryl methyl sites for hydroxylation is 2. The standard InChI is InChI=1S/C30H30N2O5/c1-19-13-20(2)15-22(14-19)28(33)32(3)26(16-21-9-5-4-6-10-21)30(36)37-27(29(34)35)17-23-18-31-25-12-8-7-11-24(23)25/h4-15,18,26-27,31H,16-17H2,1-3H3,(H,34,35)/t26-,27?/m1/s1. The smallest absolute Gasteiger partial charge is 0.345 e. The molecule has 37 heavy (non-hydrogen) atoms. The second-order valence-electron chi connectivity index (χ2n) is 9.33. The number of benzene rings is 3. The summed E-state index contributed by atoms with van der Waals surface area (Å²) in [5.41, 5.74) is 4.75. The number of hydrogen-bond acceptors (Lipinski definition) is 4. The molecule has 0 aliphatic carbocycles. The van der Waals surface area contributed by atoms with Gasteiger partial charge in [-0.25, -0.2) is 9.59 Å². The van der Waals surface area contributed by atoms with Gasteiger partial charge in [0, 0.05) is 42.6 Å². The van der Waals surface area contributed by atoms with Crippen molar-refractivity contribution in [3.05, 3.63) is 107 Å². The fourth-order valence-electron chi connectivity index (χ4n) is 4.56. The topological polar surface area (TPSA) is 99.7 Å². The highest BCUT2D eigenvalue weighted by atomic mass is 16.6. The summed E-state index contributed by atoms with van der Waals surface area (Å²) in [6, 6.07) is 21.3. The molecule has 1 unspecified atom stereocenters. The van der Waals surface area contributed by atoms with Crippen LogP contribution in [0, 0.1) is 13.8 Å². The molecule has 7 nitrogen and oxygen atoms in total. The SMILES string of the molecule is Cc1cc(C)cc(C(=O)N(C)[C@H](Cc2ccccc2)C(=O)OC(Cc2c[nH]c3ccccc23)C(=O)O)c1. The van der Waals surface area contributed by atoms with E-state index in [1.165, 1.54) is 4.90 Å². The first-order chi connectivity index (χ1) is 17.7. The maximum atomic E-state index is 13.5. The lowest BCUT2D eigenvalue weighted by atomic mass is 10.0. The molecule has 1 heterocycles. The number of rotatable bonds is 9. The summed E-state index contributed by atoms with van der Waals surface area (Å²) in [5.74, 6) is -2.36. The fraction of sp³-hybridized carbons (Fsp3) is 0.233. The number of aromatic amines is 1. The lowest BCUT2D eigenvalue weighted by molar-refractivity contribution is -0.166. The van der Waals surface area contributed by atoms with Gasteiger partial charge in [-0.05, 0) is 43.2 Å². The summed E-state index contributed by atoms with van der Waals surface area (Å²) >= 11 is 0. The Labute approximate surface area is 215 Å². The Kier molecular flexibility index (Phi) is 7.72. The van der Waals surface area contributed by atoms with Crippen LogP contribution in [0.1, 0.15) is 32.6 Å². The van der Waals surface area contributed by atoms with Crippen LogP contribution in [-0.4, -0.2) is 52.0 Å². The number of aromatic nitrogens is 1. The molecule has 0 fully saturated rings. The molecule has 0 aliphatic rings. The summed E-state index contributed by atoms with van der Waals surface area (Å²) in [5, 5.41) is 10.8. The number of esters is 1. The van der Waals surface area contributed by atoms with Crippen LogP contribution in [0.25, 0.3) is 10.9 Å². The van der Waals surface area contributed by atoms with Crippen LogP contribution >= 0.6 is 0 Å². The first kappa shape index (κ1) is 25.7. The molecule has 1 amide bonds. The van der Waals surface area contributed by atoms with Crippen molar-refractivity contribution in [3.8, 4) is 0 Å². The van der Waals surface area contributed by atoms with E-state index in [1.54, 1.807) is 25.4 Å². The van der Waals surface area contributed by atoms with Crippen LogP contribution in [0.15, 0.2) is 79.0 Å². The minimum absolute atomic E-state index is 0.00210. The number of ether oxygens (including phenoxy) is 1. The number of para-hydroxylation sites is 1. The van der Waals surface area contributed by atoms with Crippen LogP contribution in [-0.2, 0) is 27.2 Å². The van der Waals surface area contributed by atoms with Crippen LogP contribution in [0.4, 0.5) is 0 Å². The monoisotopic (exact) mass is 498 g/mol. The molecule has 0 radical (unpaired) electrons. The highest BCUT2D eigenvalue weighted by Gasteiger charge is 2.33. The Hall–Kier alpha value is -4.39. The summed E-state index contributed by atoms with van der Waals surface area (Å²) in [4.78, 5) is 43.5. The largest absolute Gasteiger partial charge is 0.478 e. The molecule has 3 aromatic carbocycles. The zero-order valence-corrected chi connectivity index (χ0v) is 21.1. The average molecular weight is 499 g/mol. The number of carbonyl (C=O) groups excluding carboxylic acids is 2. The number of nitrogens with zero attached hydrogens (tertiary/aromatic N) is 1. The van der Waals surface area contributed by atoms with Crippen molar-refractivity contribution in [2.24, 2.45) is 0 Å². The number of aliphatic carboxylic acids is 1. The van der Waals surface area contributed by atoms with E-state index < -0.39 is 24.1 Å². The van der Waals surface area contributed by atoms with Crippen molar-refractivity contribution in [1.82, 2.24) is 9.88 Å². The third kappa shape index (κ3) is 6.06. The number of fused-ring (bicyclic) bond motifs is 1. The molecule has 0 aliphatic heterocycles. The maximum Gasteiger partial charge on any atom is 0.345 e. The van der Waals surface area contributed by atoms with Crippen molar-refractivity contribution in [2.45, 2.75) is 38.8 Å². The Morgan fingerprint density at radius 2 is 1.57 bits per heavy atom.